The largest absolute Gasteiger partial charge is 0.508 e. The molecule has 0 spiro atoms. The number of nitrogens with zero attached hydrogens (tertiary/aromatic N) is 1. The van der Waals surface area contributed by atoms with Gasteiger partial charge < -0.3 is 15.3 Å². The van der Waals surface area contributed by atoms with Crippen molar-refractivity contribution in [2.24, 2.45) is 5.41 Å². The van der Waals surface area contributed by atoms with E-state index in [2.05, 4.69) is 0 Å². The molecule has 1 aromatic carbocycles. The molecule has 0 amide bonds. The molecule has 5 nitrogen and oxygen atoms in total. The second kappa shape index (κ2) is 5.10. The molecule has 0 radical (unpaired) electrons. The zero-order chi connectivity index (χ0) is 15.8. The predicted molar refractivity (Wildman–Crippen MR) is 65.8 cm³/mol. The summed E-state index contributed by atoms with van der Waals surface area (Å²) < 4.78 is 39.1. The molecule has 1 heterocycles. The maximum atomic E-state index is 13.0. The van der Waals surface area contributed by atoms with Crippen molar-refractivity contribution in [3.8, 4) is 11.5 Å². The second-order valence-corrected chi connectivity index (χ2v) is 5.16. The van der Waals surface area contributed by atoms with Gasteiger partial charge in [0.05, 0.1) is 0 Å². The van der Waals surface area contributed by atoms with Gasteiger partial charge in [-0.2, -0.15) is 13.2 Å². The number of hydrogen-bond acceptors (Lipinski definition) is 4. The number of likely N-dealkylation sites (tertiary alicyclic amines) is 1. The van der Waals surface area contributed by atoms with Crippen LogP contribution in [0, 0.1) is 5.41 Å². The van der Waals surface area contributed by atoms with E-state index in [1.54, 1.807) is 0 Å². The second-order valence-electron chi connectivity index (χ2n) is 5.16. The molecule has 8 heteroatoms. The lowest BCUT2D eigenvalue weighted by atomic mass is 9.86. The van der Waals surface area contributed by atoms with E-state index in [0.29, 0.717) is 5.56 Å². The molecule has 0 aromatic heterocycles. The summed E-state index contributed by atoms with van der Waals surface area (Å²) in [6.45, 7) is -0.713. The Hall–Kier alpha value is -1.96. The average Bonchev–Trinajstić information content (AvgIpc) is 2.77. The van der Waals surface area contributed by atoms with E-state index in [-0.39, 0.29) is 24.6 Å². The van der Waals surface area contributed by atoms with Crippen LogP contribution in [0.15, 0.2) is 18.2 Å². The highest BCUT2D eigenvalue weighted by Crippen LogP contribution is 2.46. The van der Waals surface area contributed by atoms with Crippen molar-refractivity contribution in [3.05, 3.63) is 23.8 Å². The number of phenolic OH excluding ortho intramolecular Hbond substituents is 2. The summed E-state index contributed by atoms with van der Waals surface area (Å²) in [6.07, 6.45) is -5.35. The van der Waals surface area contributed by atoms with Crippen LogP contribution in [0.1, 0.15) is 12.0 Å². The summed E-state index contributed by atoms with van der Waals surface area (Å²) in [7, 11) is 0. The summed E-state index contributed by atoms with van der Waals surface area (Å²) in [4.78, 5) is 12.4. The number of phenols is 2. The van der Waals surface area contributed by atoms with E-state index in [4.69, 9.17) is 10.2 Å². The van der Waals surface area contributed by atoms with Crippen LogP contribution in [0.5, 0.6) is 11.5 Å². The highest BCUT2D eigenvalue weighted by atomic mass is 19.4. The van der Waals surface area contributed by atoms with Crippen molar-refractivity contribution in [1.29, 1.82) is 0 Å². The smallest absolute Gasteiger partial charge is 0.406 e. The van der Waals surface area contributed by atoms with Crippen molar-refractivity contribution in [3.63, 3.8) is 0 Å². The number of hydrogen-bond donors (Lipinski definition) is 3. The van der Waals surface area contributed by atoms with Crippen molar-refractivity contribution >= 4 is 5.97 Å². The zero-order valence-electron chi connectivity index (χ0n) is 10.9. The SMILES string of the molecule is O=C(O)C1(C(F)(F)F)CCN(Cc2ccc(O)cc2O)C1. The summed E-state index contributed by atoms with van der Waals surface area (Å²) in [5.41, 5.74) is -2.43. The van der Waals surface area contributed by atoms with E-state index in [0.717, 1.165) is 6.07 Å². The molecular weight excluding hydrogens is 291 g/mol. The summed E-state index contributed by atoms with van der Waals surface area (Å²) in [5.74, 6) is -2.28. The maximum Gasteiger partial charge on any atom is 0.406 e. The molecule has 2 rings (SSSR count). The number of carbonyl (C=O) groups is 1. The molecular formula is C13H14F3NO4. The molecule has 0 bridgehead atoms. The molecule has 1 fully saturated rings. The molecule has 1 saturated heterocycles. The number of benzene rings is 1. The Balaban J connectivity index is 2.17. The fraction of sp³-hybridized carbons (Fsp3) is 0.462. The minimum absolute atomic E-state index is 0.0166. The van der Waals surface area contributed by atoms with E-state index in [9.17, 15) is 23.1 Å². The Morgan fingerprint density at radius 3 is 2.48 bits per heavy atom. The van der Waals surface area contributed by atoms with Crippen LogP contribution in [-0.4, -0.2) is 45.5 Å². The number of aromatic hydroxyl groups is 2. The van der Waals surface area contributed by atoms with Crippen molar-refractivity contribution in [2.75, 3.05) is 13.1 Å². The molecule has 1 aliphatic rings. The van der Waals surface area contributed by atoms with Gasteiger partial charge in [-0.3, -0.25) is 9.69 Å². The minimum atomic E-state index is -4.83. The minimum Gasteiger partial charge on any atom is -0.508 e. The highest BCUT2D eigenvalue weighted by molar-refractivity contribution is 5.76. The molecule has 0 aliphatic carbocycles. The van der Waals surface area contributed by atoms with Crippen LogP contribution >= 0.6 is 0 Å². The molecule has 3 N–H and O–H groups in total. The third-order valence-corrected chi connectivity index (χ3v) is 3.76. The molecule has 1 aromatic rings. The first-order valence-electron chi connectivity index (χ1n) is 6.19. The van der Waals surface area contributed by atoms with Gasteiger partial charge in [0.25, 0.3) is 0 Å². The number of aliphatic carboxylic acids is 1. The lowest BCUT2D eigenvalue weighted by Crippen LogP contribution is -2.47. The van der Waals surface area contributed by atoms with Crippen LogP contribution in [0.3, 0.4) is 0 Å². The monoisotopic (exact) mass is 305 g/mol. The van der Waals surface area contributed by atoms with Crippen LogP contribution in [0.4, 0.5) is 13.2 Å². The number of halogens is 3. The third kappa shape index (κ3) is 2.76. The zero-order valence-corrected chi connectivity index (χ0v) is 10.9. The van der Waals surface area contributed by atoms with Crippen LogP contribution in [-0.2, 0) is 11.3 Å². The third-order valence-electron chi connectivity index (χ3n) is 3.76. The van der Waals surface area contributed by atoms with Crippen molar-refractivity contribution in [2.45, 2.75) is 19.1 Å². The first kappa shape index (κ1) is 15.4. The molecule has 1 atom stereocenters. The van der Waals surface area contributed by atoms with E-state index >= 15 is 0 Å². The van der Waals surface area contributed by atoms with Gasteiger partial charge in [-0.15, -0.1) is 0 Å². The van der Waals surface area contributed by atoms with E-state index in [1.807, 2.05) is 0 Å². The first-order valence-corrected chi connectivity index (χ1v) is 6.19. The Morgan fingerprint density at radius 2 is 2.00 bits per heavy atom. The number of rotatable bonds is 3. The van der Waals surface area contributed by atoms with E-state index < -0.39 is 30.5 Å². The molecule has 116 valence electrons. The van der Waals surface area contributed by atoms with Gasteiger partial charge in [-0.25, -0.2) is 0 Å². The van der Waals surface area contributed by atoms with Crippen molar-refractivity contribution in [1.82, 2.24) is 4.90 Å². The van der Waals surface area contributed by atoms with Crippen LogP contribution in [0.2, 0.25) is 0 Å². The van der Waals surface area contributed by atoms with Gasteiger partial charge in [0.1, 0.15) is 11.5 Å². The molecule has 0 saturated carbocycles. The summed E-state index contributed by atoms with van der Waals surface area (Å²) in [5, 5.41) is 27.7. The number of carboxylic acids is 1. The van der Waals surface area contributed by atoms with Gasteiger partial charge in [-0.1, -0.05) is 6.07 Å². The van der Waals surface area contributed by atoms with E-state index in [1.165, 1.54) is 17.0 Å². The lowest BCUT2D eigenvalue weighted by molar-refractivity contribution is -0.227. The van der Waals surface area contributed by atoms with Crippen LogP contribution < -0.4 is 0 Å². The quantitative estimate of drug-likeness (QED) is 0.795. The standard InChI is InChI=1S/C13H14F3NO4/c14-13(15,16)12(11(20)21)3-4-17(7-12)6-8-1-2-9(18)5-10(8)19/h1-2,5,18-19H,3-4,6-7H2,(H,20,21). The lowest BCUT2D eigenvalue weighted by Gasteiger charge is -2.27. The predicted octanol–water partition coefficient (Wildman–Crippen LogP) is 1.94. The molecule has 1 aliphatic heterocycles. The maximum absolute atomic E-state index is 13.0. The molecule has 21 heavy (non-hydrogen) atoms. The Bertz CT molecular complexity index is 561. The number of carboxylic acid groups (broad SMARTS) is 1. The van der Waals surface area contributed by atoms with Gasteiger partial charge >= 0.3 is 12.1 Å². The normalized spacial score (nSPS) is 23.4. The number of alkyl halides is 3. The van der Waals surface area contributed by atoms with Gasteiger partial charge in [0.2, 0.25) is 0 Å². The fourth-order valence-corrected chi connectivity index (χ4v) is 2.48. The van der Waals surface area contributed by atoms with Gasteiger partial charge in [-0.05, 0) is 12.5 Å². The molecule has 1 unspecified atom stereocenters. The van der Waals surface area contributed by atoms with Gasteiger partial charge in [0, 0.05) is 31.3 Å². The Labute approximate surface area is 118 Å². The van der Waals surface area contributed by atoms with Crippen LogP contribution in [0.25, 0.3) is 0 Å². The van der Waals surface area contributed by atoms with Gasteiger partial charge in [0.15, 0.2) is 5.41 Å². The Kier molecular flexibility index (Phi) is 3.75. The fourth-order valence-electron chi connectivity index (χ4n) is 2.48. The highest BCUT2D eigenvalue weighted by Gasteiger charge is 2.63. The Morgan fingerprint density at radius 1 is 1.33 bits per heavy atom. The van der Waals surface area contributed by atoms with Crippen molar-refractivity contribution < 1.29 is 33.3 Å². The topological polar surface area (TPSA) is 81.0 Å². The summed E-state index contributed by atoms with van der Waals surface area (Å²) >= 11 is 0. The summed E-state index contributed by atoms with van der Waals surface area (Å²) in [6, 6.07) is 3.78. The first-order chi connectivity index (χ1) is 9.65. The average molecular weight is 305 g/mol.